The van der Waals surface area contributed by atoms with Crippen molar-refractivity contribution < 1.29 is 8.42 Å². The number of rotatable bonds is 4. The van der Waals surface area contributed by atoms with Crippen molar-refractivity contribution in [3.8, 4) is 0 Å². The van der Waals surface area contributed by atoms with Gasteiger partial charge in [-0.15, -0.1) is 0 Å². The highest BCUT2D eigenvalue weighted by molar-refractivity contribution is 7.90. The maximum Gasteiger partial charge on any atom is 0.175 e. The van der Waals surface area contributed by atoms with E-state index in [1.54, 1.807) is 12.1 Å². The zero-order valence-corrected chi connectivity index (χ0v) is 14.3. The Bertz CT molecular complexity index is 565. The molecule has 0 heterocycles. The molecule has 1 aliphatic rings. The molecule has 1 aliphatic carbocycles. The second-order valence-corrected chi connectivity index (χ2v) is 8.71. The number of benzene rings is 1. The van der Waals surface area contributed by atoms with Crippen LogP contribution in [0.4, 0.5) is 0 Å². The highest BCUT2D eigenvalue weighted by atomic mass is 32.2. The van der Waals surface area contributed by atoms with Gasteiger partial charge in [0.1, 0.15) is 0 Å². The lowest BCUT2D eigenvalue weighted by Gasteiger charge is -2.34. The summed E-state index contributed by atoms with van der Waals surface area (Å²) in [7, 11) is -3.11. The van der Waals surface area contributed by atoms with Gasteiger partial charge in [-0.05, 0) is 55.7 Å². The van der Waals surface area contributed by atoms with Gasteiger partial charge in [-0.1, -0.05) is 26.0 Å². The van der Waals surface area contributed by atoms with Crippen molar-refractivity contribution in [2.24, 2.45) is 11.8 Å². The maximum absolute atomic E-state index is 11.5. The van der Waals surface area contributed by atoms with E-state index in [9.17, 15) is 8.42 Å². The van der Waals surface area contributed by atoms with Gasteiger partial charge in [0.2, 0.25) is 0 Å². The predicted octanol–water partition coefficient (Wildman–Crippen LogP) is 3.57. The highest BCUT2D eigenvalue weighted by Crippen LogP contribution is 2.30. The third kappa shape index (κ3) is 4.30. The average Bonchev–Trinajstić information content (AvgIpc) is 2.42. The second-order valence-electron chi connectivity index (χ2n) is 6.69. The molecule has 4 atom stereocenters. The van der Waals surface area contributed by atoms with E-state index in [-0.39, 0.29) is 6.04 Å². The summed E-state index contributed by atoms with van der Waals surface area (Å²) in [5, 5.41) is 3.69. The standard InChI is InChI=1S/C17H27NO2S/c1-12-5-8-16(11-13(12)2)18-14(3)15-6-9-17(10-7-15)21(4,19)20/h6-7,9-10,12-14,16,18H,5,8,11H2,1-4H3. The Hall–Kier alpha value is -0.870. The van der Waals surface area contributed by atoms with E-state index in [2.05, 4.69) is 26.1 Å². The Morgan fingerprint density at radius 2 is 1.71 bits per heavy atom. The molecule has 21 heavy (non-hydrogen) atoms. The monoisotopic (exact) mass is 309 g/mol. The van der Waals surface area contributed by atoms with Crippen molar-refractivity contribution in [2.75, 3.05) is 6.26 Å². The fraction of sp³-hybridized carbons (Fsp3) is 0.647. The first-order valence-electron chi connectivity index (χ1n) is 7.83. The predicted molar refractivity (Wildman–Crippen MR) is 87.1 cm³/mol. The molecule has 1 aromatic rings. The minimum Gasteiger partial charge on any atom is -0.307 e. The molecule has 3 nitrogen and oxygen atoms in total. The van der Waals surface area contributed by atoms with Crippen LogP contribution in [0.2, 0.25) is 0 Å². The summed E-state index contributed by atoms with van der Waals surface area (Å²) in [6.45, 7) is 6.83. The number of hydrogen-bond acceptors (Lipinski definition) is 3. The van der Waals surface area contributed by atoms with Gasteiger partial charge in [0.15, 0.2) is 9.84 Å². The topological polar surface area (TPSA) is 46.2 Å². The first kappa shape index (κ1) is 16.5. The SMILES string of the molecule is CC(NC1CCC(C)C(C)C1)c1ccc(S(C)(=O)=O)cc1. The van der Waals surface area contributed by atoms with Gasteiger partial charge in [-0.25, -0.2) is 8.42 Å². The van der Waals surface area contributed by atoms with Gasteiger partial charge < -0.3 is 5.32 Å². The maximum atomic E-state index is 11.5. The lowest BCUT2D eigenvalue weighted by atomic mass is 9.79. The number of hydrogen-bond donors (Lipinski definition) is 1. The minimum atomic E-state index is -3.11. The Balaban J connectivity index is 1.99. The molecule has 1 saturated carbocycles. The van der Waals surface area contributed by atoms with E-state index >= 15 is 0 Å². The van der Waals surface area contributed by atoms with Crippen molar-refractivity contribution in [3.05, 3.63) is 29.8 Å². The van der Waals surface area contributed by atoms with Crippen LogP contribution in [0, 0.1) is 11.8 Å². The van der Waals surface area contributed by atoms with Crippen LogP contribution < -0.4 is 5.32 Å². The molecular weight excluding hydrogens is 282 g/mol. The van der Waals surface area contributed by atoms with Crippen molar-refractivity contribution in [1.82, 2.24) is 5.32 Å². The van der Waals surface area contributed by atoms with E-state index in [1.165, 1.54) is 25.5 Å². The molecule has 1 fully saturated rings. The van der Waals surface area contributed by atoms with E-state index < -0.39 is 9.84 Å². The molecule has 0 amide bonds. The molecule has 0 radical (unpaired) electrons. The van der Waals surface area contributed by atoms with E-state index in [0.29, 0.717) is 10.9 Å². The summed E-state index contributed by atoms with van der Waals surface area (Å²) in [6, 6.07) is 8.07. The Morgan fingerprint density at radius 3 is 2.24 bits per heavy atom. The molecule has 1 N–H and O–H groups in total. The first-order valence-corrected chi connectivity index (χ1v) is 9.72. The van der Waals surface area contributed by atoms with Crippen LogP contribution in [0.15, 0.2) is 29.2 Å². The first-order chi connectivity index (χ1) is 9.77. The normalized spacial score (nSPS) is 28.3. The third-order valence-electron chi connectivity index (χ3n) is 4.89. The van der Waals surface area contributed by atoms with Gasteiger partial charge in [0, 0.05) is 18.3 Å². The van der Waals surface area contributed by atoms with Crippen molar-refractivity contribution >= 4 is 9.84 Å². The van der Waals surface area contributed by atoms with Crippen molar-refractivity contribution in [2.45, 2.75) is 57.0 Å². The van der Waals surface area contributed by atoms with Crippen LogP contribution in [-0.4, -0.2) is 20.7 Å². The molecule has 4 heteroatoms. The largest absolute Gasteiger partial charge is 0.307 e. The van der Waals surface area contributed by atoms with Crippen LogP contribution in [0.5, 0.6) is 0 Å². The van der Waals surface area contributed by atoms with E-state index in [0.717, 1.165) is 17.4 Å². The summed E-state index contributed by atoms with van der Waals surface area (Å²) >= 11 is 0. The molecule has 0 bridgehead atoms. The van der Waals surface area contributed by atoms with Crippen molar-refractivity contribution in [3.63, 3.8) is 0 Å². The Labute approximate surface area is 129 Å². The molecule has 1 aromatic carbocycles. The van der Waals surface area contributed by atoms with Crippen molar-refractivity contribution in [1.29, 1.82) is 0 Å². The van der Waals surface area contributed by atoms with Gasteiger partial charge in [-0.3, -0.25) is 0 Å². The van der Waals surface area contributed by atoms with Crippen LogP contribution >= 0.6 is 0 Å². The Kier molecular flexibility index (Phi) is 5.10. The fourth-order valence-corrected chi connectivity index (χ4v) is 3.78. The van der Waals surface area contributed by atoms with E-state index in [1.807, 2.05) is 12.1 Å². The van der Waals surface area contributed by atoms with Crippen LogP contribution in [0.25, 0.3) is 0 Å². The summed E-state index contributed by atoms with van der Waals surface area (Å²) in [5.74, 6) is 1.60. The summed E-state index contributed by atoms with van der Waals surface area (Å²) in [5.41, 5.74) is 1.15. The van der Waals surface area contributed by atoms with Crippen LogP contribution in [0.1, 0.15) is 51.6 Å². The van der Waals surface area contributed by atoms with Crippen LogP contribution in [0.3, 0.4) is 0 Å². The van der Waals surface area contributed by atoms with Gasteiger partial charge >= 0.3 is 0 Å². The fourth-order valence-electron chi connectivity index (χ4n) is 3.15. The third-order valence-corrected chi connectivity index (χ3v) is 6.02. The average molecular weight is 309 g/mol. The molecule has 118 valence electrons. The number of nitrogens with one attached hydrogen (secondary N) is 1. The Morgan fingerprint density at radius 1 is 1.10 bits per heavy atom. The second kappa shape index (κ2) is 6.49. The summed E-state index contributed by atoms with van der Waals surface area (Å²) < 4.78 is 23.0. The molecule has 0 saturated heterocycles. The molecule has 2 rings (SSSR count). The molecule has 0 aliphatic heterocycles. The zero-order chi connectivity index (χ0) is 15.6. The molecule has 4 unspecified atom stereocenters. The quantitative estimate of drug-likeness (QED) is 0.925. The lowest BCUT2D eigenvalue weighted by molar-refractivity contribution is 0.217. The van der Waals surface area contributed by atoms with Crippen LogP contribution in [-0.2, 0) is 9.84 Å². The molecular formula is C17H27NO2S. The van der Waals surface area contributed by atoms with Gasteiger partial charge in [0.05, 0.1) is 4.90 Å². The van der Waals surface area contributed by atoms with Gasteiger partial charge in [-0.2, -0.15) is 0 Å². The van der Waals surface area contributed by atoms with Gasteiger partial charge in [0.25, 0.3) is 0 Å². The number of sulfone groups is 1. The highest BCUT2D eigenvalue weighted by Gasteiger charge is 2.25. The summed E-state index contributed by atoms with van der Waals surface area (Å²) in [4.78, 5) is 0.388. The minimum absolute atomic E-state index is 0.254. The lowest BCUT2D eigenvalue weighted by Crippen LogP contribution is -2.37. The summed E-state index contributed by atoms with van der Waals surface area (Å²) in [6.07, 6.45) is 5.00. The smallest absolute Gasteiger partial charge is 0.175 e. The molecule has 0 aromatic heterocycles. The zero-order valence-electron chi connectivity index (χ0n) is 13.5. The van der Waals surface area contributed by atoms with E-state index in [4.69, 9.17) is 0 Å². The molecule has 0 spiro atoms.